The van der Waals surface area contributed by atoms with Gasteiger partial charge in [0, 0.05) is 19.1 Å². The Morgan fingerprint density at radius 1 is 1.38 bits per heavy atom. The van der Waals surface area contributed by atoms with Gasteiger partial charge in [-0.05, 0) is 36.3 Å². The van der Waals surface area contributed by atoms with E-state index in [0.717, 1.165) is 31.7 Å². The van der Waals surface area contributed by atoms with Gasteiger partial charge >= 0.3 is 0 Å². The number of rotatable bonds is 3. The molecular formula is C13H19FN2. The first kappa shape index (κ1) is 11.6. The van der Waals surface area contributed by atoms with E-state index in [0.29, 0.717) is 6.04 Å². The lowest BCUT2D eigenvalue weighted by atomic mass is 9.95. The molecule has 0 saturated heterocycles. The topological polar surface area (TPSA) is 15.3 Å². The number of nitrogens with zero attached hydrogens (tertiary/aromatic N) is 1. The van der Waals surface area contributed by atoms with E-state index in [1.54, 1.807) is 12.1 Å². The summed E-state index contributed by atoms with van der Waals surface area (Å²) < 4.78 is 13.3. The molecule has 1 aromatic carbocycles. The first-order chi connectivity index (χ1) is 7.76. The highest BCUT2D eigenvalue weighted by Crippen LogP contribution is 2.27. The van der Waals surface area contributed by atoms with Crippen molar-refractivity contribution in [3.05, 3.63) is 35.1 Å². The summed E-state index contributed by atoms with van der Waals surface area (Å²) in [5.41, 5.74) is 2.38. The summed E-state index contributed by atoms with van der Waals surface area (Å²) in [6.45, 7) is 8.07. The van der Waals surface area contributed by atoms with Crippen LogP contribution in [-0.4, -0.2) is 24.5 Å². The van der Waals surface area contributed by atoms with Gasteiger partial charge in [-0.15, -0.1) is 0 Å². The minimum Gasteiger partial charge on any atom is -0.311 e. The van der Waals surface area contributed by atoms with Crippen molar-refractivity contribution in [1.82, 2.24) is 10.2 Å². The maximum Gasteiger partial charge on any atom is 0.123 e. The van der Waals surface area contributed by atoms with Gasteiger partial charge < -0.3 is 5.32 Å². The zero-order chi connectivity index (χ0) is 11.5. The molecule has 0 unspecified atom stereocenters. The summed E-state index contributed by atoms with van der Waals surface area (Å²) in [6, 6.07) is 5.45. The van der Waals surface area contributed by atoms with E-state index in [2.05, 4.69) is 24.1 Å². The van der Waals surface area contributed by atoms with Gasteiger partial charge in [-0.25, -0.2) is 4.39 Å². The van der Waals surface area contributed by atoms with Crippen molar-refractivity contribution in [2.45, 2.75) is 26.4 Å². The van der Waals surface area contributed by atoms with Crippen molar-refractivity contribution < 1.29 is 4.39 Å². The van der Waals surface area contributed by atoms with Gasteiger partial charge in [0.1, 0.15) is 5.82 Å². The summed E-state index contributed by atoms with van der Waals surface area (Å²) in [4.78, 5) is 2.37. The molecule has 2 rings (SSSR count). The van der Waals surface area contributed by atoms with Crippen LogP contribution in [0.15, 0.2) is 18.2 Å². The molecule has 88 valence electrons. The van der Waals surface area contributed by atoms with Crippen molar-refractivity contribution in [1.29, 1.82) is 0 Å². The molecule has 16 heavy (non-hydrogen) atoms. The minimum atomic E-state index is -0.127. The predicted octanol–water partition coefficient (Wildman–Crippen LogP) is 2.31. The van der Waals surface area contributed by atoms with E-state index >= 15 is 0 Å². The Kier molecular flexibility index (Phi) is 3.56. The van der Waals surface area contributed by atoms with Gasteiger partial charge in [-0.1, -0.05) is 19.9 Å². The van der Waals surface area contributed by atoms with Crippen LogP contribution in [0.25, 0.3) is 0 Å². The Labute approximate surface area is 96.5 Å². The van der Waals surface area contributed by atoms with Crippen LogP contribution in [0.4, 0.5) is 4.39 Å². The molecule has 0 aromatic heterocycles. The predicted molar refractivity (Wildman–Crippen MR) is 63.8 cm³/mol. The molecule has 2 nitrogen and oxygen atoms in total. The molecule has 1 aliphatic heterocycles. The highest BCUT2D eigenvalue weighted by atomic mass is 19.1. The van der Waals surface area contributed by atoms with Crippen LogP contribution in [0.1, 0.15) is 31.0 Å². The van der Waals surface area contributed by atoms with Crippen LogP contribution in [0.3, 0.4) is 0 Å². The fourth-order valence-electron chi connectivity index (χ4n) is 2.48. The summed E-state index contributed by atoms with van der Waals surface area (Å²) in [6.07, 6.45) is 0. The van der Waals surface area contributed by atoms with E-state index in [-0.39, 0.29) is 5.82 Å². The fourth-order valence-corrected chi connectivity index (χ4v) is 2.48. The average molecular weight is 222 g/mol. The molecular weight excluding hydrogens is 203 g/mol. The molecule has 1 atom stereocenters. The molecule has 0 radical (unpaired) electrons. The molecule has 0 fully saturated rings. The molecule has 0 bridgehead atoms. The number of benzene rings is 1. The summed E-state index contributed by atoms with van der Waals surface area (Å²) >= 11 is 0. The first-order valence-corrected chi connectivity index (χ1v) is 5.99. The maximum atomic E-state index is 13.3. The molecule has 1 aromatic rings. The number of likely N-dealkylation sites (N-methyl/N-ethyl adjacent to an activating group) is 1. The summed E-state index contributed by atoms with van der Waals surface area (Å²) in [5.74, 6) is -0.127. The van der Waals surface area contributed by atoms with E-state index in [9.17, 15) is 4.39 Å². The second-order valence-corrected chi connectivity index (χ2v) is 4.21. The van der Waals surface area contributed by atoms with Crippen molar-refractivity contribution in [3.8, 4) is 0 Å². The highest BCUT2D eigenvalue weighted by Gasteiger charge is 2.24. The van der Waals surface area contributed by atoms with Crippen LogP contribution in [0, 0.1) is 5.82 Å². The fraction of sp³-hybridized carbons (Fsp3) is 0.538. The minimum absolute atomic E-state index is 0.127. The van der Waals surface area contributed by atoms with Crippen LogP contribution < -0.4 is 5.32 Å². The van der Waals surface area contributed by atoms with Crippen LogP contribution in [0.5, 0.6) is 0 Å². The van der Waals surface area contributed by atoms with Gasteiger partial charge in [-0.2, -0.15) is 0 Å². The number of fused-ring (bicyclic) bond motifs is 1. The number of hydrogen-bond donors (Lipinski definition) is 1. The van der Waals surface area contributed by atoms with E-state index in [1.807, 2.05) is 6.07 Å². The van der Waals surface area contributed by atoms with Crippen LogP contribution in [0.2, 0.25) is 0 Å². The second kappa shape index (κ2) is 4.93. The van der Waals surface area contributed by atoms with Gasteiger partial charge in [0.2, 0.25) is 0 Å². The SMILES string of the molecule is CCN(CC)[C@@H]1CNCc2ccc(F)cc21. The second-order valence-electron chi connectivity index (χ2n) is 4.21. The van der Waals surface area contributed by atoms with Crippen molar-refractivity contribution >= 4 is 0 Å². The largest absolute Gasteiger partial charge is 0.311 e. The lowest BCUT2D eigenvalue weighted by Crippen LogP contribution is -2.39. The zero-order valence-electron chi connectivity index (χ0n) is 9.96. The van der Waals surface area contributed by atoms with Gasteiger partial charge in [0.25, 0.3) is 0 Å². The molecule has 0 amide bonds. The summed E-state index contributed by atoms with van der Waals surface area (Å²) in [7, 11) is 0. The van der Waals surface area contributed by atoms with Gasteiger partial charge in [0.15, 0.2) is 0 Å². The van der Waals surface area contributed by atoms with Crippen LogP contribution in [-0.2, 0) is 6.54 Å². The Hall–Kier alpha value is -0.930. The lowest BCUT2D eigenvalue weighted by molar-refractivity contribution is 0.204. The Morgan fingerprint density at radius 3 is 2.81 bits per heavy atom. The summed E-state index contributed by atoms with van der Waals surface area (Å²) in [5, 5.41) is 3.40. The Bertz CT molecular complexity index is 361. The third-order valence-electron chi connectivity index (χ3n) is 3.37. The first-order valence-electron chi connectivity index (χ1n) is 5.99. The van der Waals surface area contributed by atoms with Gasteiger partial charge in [-0.3, -0.25) is 4.90 Å². The normalized spacial score (nSPS) is 19.9. The van der Waals surface area contributed by atoms with Crippen molar-refractivity contribution in [3.63, 3.8) is 0 Å². The lowest BCUT2D eigenvalue weighted by Gasteiger charge is -2.35. The number of hydrogen-bond acceptors (Lipinski definition) is 2. The van der Waals surface area contributed by atoms with E-state index < -0.39 is 0 Å². The van der Waals surface area contributed by atoms with E-state index in [4.69, 9.17) is 0 Å². The number of halogens is 1. The standard InChI is InChI=1S/C13H19FN2/c1-3-16(4-2)13-9-15-8-10-5-6-11(14)7-12(10)13/h5-7,13,15H,3-4,8-9H2,1-2H3/t13-/m1/s1. The molecule has 0 saturated carbocycles. The molecule has 1 N–H and O–H groups in total. The third-order valence-corrected chi connectivity index (χ3v) is 3.37. The number of nitrogens with one attached hydrogen (secondary N) is 1. The smallest absolute Gasteiger partial charge is 0.123 e. The quantitative estimate of drug-likeness (QED) is 0.844. The highest BCUT2D eigenvalue weighted by molar-refractivity contribution is 5.33. The average Bonchev–Trinajstić information content (AvgIpc) is 2.31. The molecule has 0 spiro atoms. The maximum absolute atomic E-state index is 13.3. The molecule has 3 heteroatoms. The Morgan fingerprint density at radius 2 is 2.12 bits per heavy atom. The van der Waals surface area contributed by atoms with Crippen molar-refractivity contribution in [2.24, 2.45) is 0 Å². The third kappa shape index (κ3) is 2.11. The molecule has 0 aliphatic carbocycles. The monoisotopic (exact) mass is 222 g/mol. The van der Waals surface area contributed by atoms with Crippen molar-refractivity contribution in [2.75, 3.05) is 19.6 Å². The van der Waals surface area contributed by atoms with E-state index in [1.165, 1.54) is 5.56 Å². The molecule has 1 heterocycles. The zero-order valence-corrected chi connectivity index (χ0v) is 9.96. The Balaban J connectivity index is 2.34. The van der Waals surface area contributed by atoms with Gasteiger partial charge in [0.05, 0.1) is 0 Å². The van der Waals surface area contributed by atoms with Crippen LogP contribution >= 0.6 is 0 Å². The molecule has 1 aliphatic rings.